The molecule has 32 heavy (non-hydrogen) atoms. The molecule has 0 aliphatic carbocycles. The number of sulfonamides is 1. The van der Waals surface area contributed by atoms with Gasteiger partial charge in [-0.3, -0.25) is 9.10 Å². The second kappa shape index (κ2) is 10.2. The Hall–Kier alpha value is -2.82. The molecule has 0 radical (unpaired) electrons. The summed E-state index contributed by atoms with van der Waals surface area (Å²) in [6.45, 7) is 1.27. The highest BCUT2D eigenvalue weighted by Crippen LogP contribution is 2.26. The predicted molar refractivity (Wildman–Crippen MR) is 126 cm³/mol. The molecule has 0 spiro atoms. The van der Waals surface area contributed by atoms with Gasteiger partial charge in [0.1, 0.15) is 23.8 Å². The number of furan rings is 1. The minimum Gasteiger partial charge on any atom is -0.497 e. The molecule has 3 rings (SSSR count). The monoisotopic (exact) mass is 539 g/mol. The minimum absolute atomic E-state index is 0.000428. The minimum atomic E-state index is -4.07. The normalized spacial score (nSPS) is 11.5. The third-order valence-electron chi connectivity index (χ3n) is 4.31. The lowest BCUT2D eigenvalue weighted by Crippen LogP contribution is -2.39. The van der Waals surface area contributed by atoms with Crippen molar-refractivity contribution in [3.8, 4) is 5.75 Å². The van der Waals surface area contributed by atoms with Gasteiger partial charge in [0.2, 0.25) is 0 Å². The van der Waals surface area contributed by atoms with Gasteiger partial charge in [0, 0.05) is 11.1 Å². The highest BCUT2D eigenvalue weighted by Gasteiger charge is 2.27. The molecule has 8 nitrogen and oxygen atoms in total. The first-order valence-corrected chi connectivity index (χ1v) is 11.8. The highest BCUT2D eigenvalue weighted by molar-refractivity contribution is 9.10. The summed E-state index contributed by atoms with van der Waals surface area (Å²) in [6, 6.07) is 13.7. The van der Waals surface area contributed by atoms with E-state index in [-0.39, 0.29) is 10.6 Å². The van der Waals surface area contributed by atoms with E-state index in [1.54, 1.807) is 25.1 Å². The Balaban J connectivity index is 1.83. The standard InChI is InChI=1S/C21H19BrClN3O5S/c1-14-20(22)11-18(31-14)12-24-25-21(27)13-26(16-5-3-15(23)4-6-16)32(28,29)19-9-7-17(30-2)8-10-19/h3-12H,13H2,1-2H3,(H,25,27)/b24-12-. The third-order valence-corrected chi connectivity index (χ3v) is 7.13. The molecule has 0 saturated heterocycles. The maximum Gasteiger partial charge on any atom is 0.264 e. The number of carbonyl (C=O) groups is 1. The van der Waals surface area contributed by atoms with E-state index in [1.807, 2.05) is 0 Å². The first-order chi connectivity index (χ1) is 15.2. The van der Waals surface area contributed by atoms with Gasteiger partial charge in [-0.05, 0) is 71.4 Å². The van der Waals surface area contributed by atoms with Crippen molar-refractivity contribution in [3.63, 3.8) is 0 Å². The molecule has 1 N–H and O–H groups in total. The van der Waals surface area contributed by atoms with E-state index in [1.165, 1.54) is 49.7 Å². The number of nitrogens with zero attached hydrogens (tertiary/aromatic N) is 2. The van der Waals surface area contributed by atoms with Crippen molar-refractivity contribution in [2.45, 2.75) is 11.8 Å². The lowest BCUT2D eigenvalue weighted by Gasteiger charge is -2.23. The third kappa shape index (κ3) is 5.70. The molecule has 168 valence electrons. The molecule has 0 atom stereocenters. The van der Waals surface area contributed by atoms with Gasteiger partial charge < -0.3 is 9.15 Å². The second-order valence-electron chi connectivity index (χ2n) is 6.51. The molecule has 0 unspecified atom stereocenters. The fourth-order valence-electron chi connectivity index (χ4n) is 2.68. The summed E-state index contributed by atoms with van der Waals surface area (Å²) in [4.78, 5) is 12.5. The van der Waals surface area contributed by atoms with E-state index in [9.17, 15) is 13.2 Å². The van der Waals surface area contributed by atoms with Crippen LogP contribution in [0.1, 0.15) is 11.5 Å². The highest BCUT2D eigenvalue weighted by atomic mass is 79.9. The van der Waals surface area contributed by atoms with Crippen LogP contribution in [0.4, 0.5) is 5.69 Å². The predicted octanol–water partition coefficient (Wildman–Crippen LogP) is 4.36. The molecule has 1 aromatic heterocycles. The van der Waals surface area contributed by atoms with E-state index >= 15 is 0 Å². The number of anilines is 1. The van der Waals surface area contributed by atoms with Crippen LogP contribution in [0.15, 0.2) is 73.5 Å². The summed E-state index contributed by atoms with van der Waals surface area (Å²) >= 11 is 9.25. The van der Waals surface area contributed by atoms with Gasteiger partial charge in [0.25, 0.3) is 15.9 Å². The summed E-state index contributed by atoms with van der Waals surface area (Å²) in [5.74, 6) is 0.955. The van der Waals surface area contributed by atoms with Crippen LogP contribution in [-0.4, -0.2) is 34.2 Å². The lowest BCUT2D eigenvalue weighted by atomic mass is 10.3. The number of rotatable bonds is 8. The molecule has 0 aliphatic rings. The van der Waals surface area contributed by atoms with Crippen molar-refractivity contribution in [1.82, 2.24) is 5.43 Å². The fraction of sp³-hybridized carbons (Fsp3) is 0.143. The quantitative estimate of drug-likeness (QED) is 0.338. The van der Waals surface area contributed by atoms with E-state index in [0.717, 1.165) is 8.78 Å². The number of nitrogens with one attached hydrogen (secondary N) is 1. The van der Waals surface area contributed by atoms with Crippen molar-refractivity contribution in [2.75, 3.05) is 18.0 Å². The Morgan fingerprint density at radius 3 is 2.44 bits per heavy atom. The van der Waals surface area contributed by atoms with Gasteiger partial charge in [0.15, 0.2) is 0 Å². The zero-order valence-electron chi connectivity index (χ0n) is 17.1. The number of hydrogen-bond acceptors (Lipinski definition) is 6. The summed E-state index contributed by atoms with van der Waals surface area (Å²) < 4.78 is 38.8. The molecular weight excluding hydrogens is 522 g/mol. The van der Waals surface area contributed by atoms with E-state index in [2.05, 4.69) is 26.5 Å². The fourth-order valence-corrected chi connectivity index (χ4v) is 4.53. The van der Waals surface area contributed by atoms with Crippen molar-refractivity contribution in [1.29, 1.82) is 0 Å². The first kappa shape index (κ1) is 23.8. The number of ether oxygens (including phenoxy) is 1. The molecule has 0 saturated carbocycles. The molecule has 11 heteroatoms. The Morgan fingerprint density at radius 1 is 1.22 bits per heavy atom. The van der Waals surface area contributed by atoms with Gasteiger partial charge >= 0.3 is 0 Å². The lowest BCUT2D eigenvalue weighted by molar-refractivity contribution is -0.119. The molecule has 1 amide bonds. The van der Waals surface area contributed by atoms with E-state index < -0.39 is 22.5 Å². The topological polar surface area (TPSA) is 101 Å². The van der Waals surface area contributed by atoms with E-state index in [4.69, 9.17) is 20.8 Å². The Morgan fingerprint density at radius 2 is 1.88 bits per heavy atom. The number of hydrazone groups is 1. The molecular formula is C21H19BrClN3O5S. The van der Waals surface area contributed by atoms with Crippen LogP contribution in [0.5, 0.6) is 5.75 Å². The summed E-state index contributed by atoms with van der Waals surface area (Å²) in [6.07, 6.45) is 1.32. The van der Waals surface area contributed by atoms with Crippen LogP contribution in [0, 0.1) is 6.92 Å². The molecule has 0 fully saturated rings. The maximum absolute atomic E-state index is 13.3. The van der Waals surface area contributed by atoms with Crippen LogP contribution in [0.25, 0.3) is 0 Å². The number of amides is 1. The molecule has 2 aromatic carbocycles. The average Bonchev–Trinajstić information content (AvgIpc) is 3.09. The number of methoxy groups -OCH3 is 1. The van der Waals surface area contributed by atoms with Gasteiger partial charge in [-0.15, -0.1) is 0 Å². The van der Waals surface area contributed by atoms with Crippen molar-refractivity contribution in [3.05, 3.63) is 75.6 Å². The average molecular weight is 541 g/mol. The van der Waals surface area contributed by atoms with Gasteiger partial charge in [-0.1, -0.05) is 11.6 Å². The van der Waals surface area contributed by atoms with E-state index in [0.29, 0.717) is 22.3 Å². The molecule has 0 aliphatic heterocycles. The Kier molecular flexibility index (Phi) is 7.60. The Bertz CT molecular complexity index is 1210. The number of hydrogen-bond donors (Lipinski definition) is 1. The first-order valence-electron chi connectivity index (χ1n) is 9.21. The summed E-state index contributed by atoms with van der Waals surface area (Å²) in [5.41, 5.74) is 2.59. The second-order valence-corrected chi connectivity index (χ2v) is 9.66. The van der Waals surface area contributed by atoms with Crippen molar-refractivity contribution in [2.24, 2.45) is 5.10 Å². The largest absolute Gasteiger partial charge is 0.497 e. The number of benzene rings is 2. The van der Waals surface area contributed by atoms with Gasteiger partial charge in [-0.2, -0.15) is 5.10 Å². The molecule has 1 heterocycles. The van der Waals surface area contributed by atoms with Crippen LogP contribution >= 0.6 is 27.5 Å². The smallest absolute Gasteiger partial charge is 0.264 e. The van der Waals surface area contributed by atoms with Crippen molar-refractivity contribution >= 4 is 55.4 Å². The van der Waals surface area contributed by atoms with Crippen LogP contribution in [-0.2, 0) is 14.8 Å². The number of carbonyl (C=O) groups excluding carboxylic acids is 1. The SMILES string of the molecule is COc1ccc(S(=O)(=O)N(CC(=O)N/N=C\c2cc(Br)c(C)o2)c2ccc(Cl)cc2)cc1. The van der Waals surface area contributed by atoms with Crippen LogP contribution < -0.4 is 14.5 Å². The maximum atomic E-state index is 13.3. The molecule has 0 bridgehead atoms. The summed E-state index contributed by atoms with van der Waals surface area (Å²) in [7, 11) is -2.59. The molecule has 3 aromatic rings. The Labute approximate surface area is 199 Å². The summed E-state index contributed by atoms with van der Waals surface area (Å²) in [5, 5.41) is 4.27. The van der Waals surface area contributed by atoms with Crippen molar-refractivity contribution < 1.29 is 22.4 Å². The number of halogens is 2. The zero-order valence-corrected chi connectivity index (χ0v) is 20.2. The van der Waals surface area contributed by atoms with Crippen LogP contribution in [0.3, 0.4) is 0 Å². The number of aryl methyl sites for hydroxylation is 1. The van der Waals surface area contributed by atoms with Gasteiger partial charge in [0.05, 0.1) is 28.4 Å². The van der Waals surface area contributed by atoms with Gasteiger partial charge in [-0.25, -0.2) is 13.8 Å². The zero-order chi connectivity index (χ0) is 23.3. The van der Waals surface area contributed by atoms with Crippen LogP contribution in [0.2, 0.25) is 5.02 Å².